The number of unbranched alkanes of at least 4 members (excludes halogenated alkanes) is 4. The summed E-state index contributed by atoms with van der Waals surface area (Å²) in [6.07, 6.45) is 14.1. The van der Waals surface area contributed by atoms with Crippen molar-refractivity contribution in [3.63, 3.8) is 0 Å². The molecule has 1 saturated carbocycles. The molecular weight excluding hydrogens is 326 g/mol. The van der Waals surface area contributed by atoms with Crippen LogP contribution in [0.2, 0.25) is 0 Å². The fourth-order valence-electron chi connectivity index (χ4n) is 4.64. The molecule has 0 aliphatic heterocycles. The summed E-state index contributed by atoms with van der Waals surface area (Å²) in [6.45, 7) is 2.27. The molecule has 142 valence electrons. The lowest BCUT2D eigenvalue weighted by Crippen LogP contribution is -2.11. The Balaban J connectivity index is 1.94. The van der Waals surface area contributed by atoms with Crippen molar-refractivity contribution in [2.45, 2.75) is 83.5 Å². The molecule has 0 heterocycles. The maximum atomic E-state index is 10.1. The molecule has 2 aromatic rings. The zero-order valence-electron chi connectivity index (χ0n) is 16.8. The van der Waals surface area contributed by atoms with Gasteiger partial charge in [0.2, 0.25) is 0 Å². The van der Waals surface area contributed by atoms with Gasteiger partial charge in [-0.3, -0.25) is 0 Å². The van der Waals surface area contributed by atoms with Crippen LogP contribution in [0.15, 0.2) is 42.5 Å². The van der Waals surface area contributed by atoms with Gasteiger partial charge in [0.05, 0.1) is 5.56 Å². The lowest BCUT2D eigenvalue weighted by atomic mass is 9.77. The minimum absolute atomic E-state index is 0.572. The number of rotatable bonds is 8. The molecule has 1 heteroatoms. The molecule has 0 saturated heterocycles. The number of benzene rings is 2. The van der Waals surface area contributed by atoms with Crippen LogP contribution in [0.5, 0.6) is 0 Å². The Morgan fingerprint density at radius 2 is 1.63 bits per heavy atom. The first kappa shape index (κ1) is 19.7. The van der Waals surface area contributed by atoms with Crippen molar-refractivity contribution in [1.29, 1.82) is 5.26 Å². The molecule has 0 atom stereocenters. The third-order valence-electron chi connectivity index (χ3n) is 6.10. The van der Waals surface area contributed by atoms with Gasteiger partial charge in [-0.15, -0.1) is 0 Å². The molecule has 0 unspecified atom stereocenters. The van der Waals surface area contributed by atoms with Crippen molar-refractivity contribution < 1.29 is 0 Å². The van der Waals surface area contributed by atoms with E-state index < -0.39 is 0 Å². The SMILES string of the molecule is CCCCCCCc1ccc(-c2ccccc2)c(C#N)c1C1CCCCC1. The summed E-state index contributed by atoms with van der Waals surface area (Å²) in [7, 11) is 0. The van der Waals surface area contributed by atoms with E-state index in [1.165, 1.54) is 80.9 Å². The normalized spacial score (nSPS) is 14.8. The van der Waals surface area contributed by atoms with Crippen LogP contribution >= 0.6 is 0 Å². The van der Waals surface area contributed by atoms with Gasteiger partial charge in [-0.2, -0.15) is 5.26 Å². The molecule has 0 bridgehead atoms. The minimum atomic E-state index is 0.572. The highest BCUT2D eigenvalue weighted by molar-refractivity contribution is 5.73. The van der Waals surface area contributed by atoms with Crippen molar-refractivity contribution in [2.75, 3.05) is 0 Å². The Kier molecular flexibility index (Phi) is 7.52. The average molecular weight is 360 g/mol. The maximum absolute atomic E-state index is 10.1. The molecule has 1 aliphatic carbocycles. The quantitative estimate of drug-likeness (QED) is 0.441. The second-order valence-corrected chi connectivity index (χ2v) is 8.04. The van der Waals surface area contributed by atoms with Crippen molar-refractivity contribution in [3.8, 4) is 17.2 Å². The Morgan fingerprint density at radius 1 is 0.889 bits per heavy atom. The fourth-order valence-corrected chi connectivity index (χ4v) is 4.64. The van der Waals surface area contributed by atoms with E-state index >= 15 is 0 Å². The van der Waals surface area contributed by atoms with Gasteiger partial charge in [0.15, 0.2) is 0 Å². The average Bonchev–Trinajstić information content (AvgIpc) is 2.74. The smallest absolute Gasteiger partial charge is 0.100 e. The van der Waals surface area contributed by atoms with E-state index in [0.717, 1.165) is 17.5 Å². The first-order valence-electron chi connectivity index (χ1n) is 11.0. The molecule has 27 heavy (non-hydrogen) atoms. The molecule has 3 rings (SSSR count). The number of hydrogen-bond acceptors (Lipinski definition) is 1. The Labute approximate surface area is 165 Å². The molecule has 0 radical (unpaired) electrons. The van der Waals surface area contributed by atoms with Gasteiger partial charge in [-0.05, 0) is 53.9 Å². The van der Waals surface area contributed by atoms with Gasteiger partial charge >= 0.3 is 0 Å². The van der Waals surface area contributed by atoms with Gasteiger partial charge in [0, 0.05) is 0 Å². The lowest BCUT2D eigenvalue weighted by Gasteiger charge is -2.27. The predicted octanol–water partition coefficient (Wildman–Crippen LogP) is 7.79. The van der Waals surface area contributed by atoms with Crippen LogP contribution in [0.25, 0.3) is 11.1 Å². The molecule has 1 nitrogen and oxygen atoms in total. The van der Waals surface area contributed by atoms with Crippen LogP contribution in [-0.2, 0) is 6.42 Å². The summed E-state index contributed by atoms with van der Waals surface area (Å²) in [4.78, 5) is 0. The summed E-state index contributed by atoms with van der Waals surface area (Å²) in [5.41, 5.74) is 6.05. The van der Waals surface area contributed by atoms with E-state index in [4.69, 9.17) is 0 Å². The monoisotopic (exact) mass is 359 g/mol. The summed E-state index contributed by atoms with van der Waals surface area (Å²) in [5.74, 6) is 0.572. The third kappa shape index (κ3) is 5.01. The molecule has 0 amide bonds. The van der Waals surface area contributed by atoms with Gasteiger partial charge < -0.3 is 0 Å². The molecule has 0 spiro atoms. The van der Waals surface area contributed by atoms with Gasteiger partial charge in [0.1, 0.15) is 6.07 Å². The summed E-state index contributed by atoms with van der Waals surface area (Å²) >= 11 is 0. The van der Waals surface area contributed by atoms with Crippen LogP contribution in [0, 0.1) is 11.3 Å². The number of hydrogen-bond donors (Lipinski definition) is 0. The number of nitrogens with zero attached hydrogens (tertiary/aromatic N) is 1. The summed E-state index contributed by atoms with van der Waals surface area (Å²) in [6, 6.07) is 17.6. The summed E-state index contributed by atoms with van der Waals surface area (Å²) in [5, 5.41) is 10.1. The second-order valence-electron chi connectivity index (χ2n) is 8.04. The zero-order chi connectivity index (χ0) is 18.9. The van der Waals surface area contributed by atoms with E-state index in [1.54, 1.807) is 0 Å². The first-order chi connectivity index (χ1) is 13.3. The van der Waals surface area contributed by atoms with Crippen LogP contribution < -0.4 is 0 Å². The van der Waals surface area contributed by atoms with Crippen molar-refractivity contribution in [2.24, 2.45) is 0 Å². The summed E-state index contributed by atoms with van der Waals surface area (Å²) < 4.78 is 0. The van der Waals surface area contributed by atoms with E-state index in [1.807, 2.05) is 6.07 Å². The van der Waals surface area contributed by atoms with Crippen LogP contribution in [0.1, 0.15) is 93.7 Å². The van der Waals surface area contributed by atoms with E-state index in [-0.39, 0.29) is 0 Å². The highest BCUT2D eigenvalue weighted by atomic mass is 14.3. The maximum Gasteiger partial charge on any atom is 0.100 e. The van der Waals surface area contributed by atoms with Crippen molar-refractivity contribution in [1.82, 2.24) is 0 Å². The van der Waals surface area contributed by atoms with E-state index in [9.17, 15) is 5.26 Å². The molecule has 0 N–H and O–H groups in total. The van der Waals surface area contributed by atoms with Crippen LogP contribution in [-0.4, -0.2) is 0 Å². The predicted molar refractivity (Wildman–Crippen MR) is 115 cm³/mol. The van der Waals surface area contributed by atoms with Crippen molar-refractivity contribution in [3.05, 3.63) is 59.2 Å². The van der Waals surface area contributed by atoms with Gasteiger partial charge in [0.25, 0.3) is 0 Å². The molecule has 1 aliphatic rings. The standard InChI is InChI=1S/C26H33N/c1-2-3-4-5-8-17-23-18-19-24(21-13-9-6-10-14-21)25(20-27)26(23)22-15-11-7-12-16-22/h6,9-10,13-14,18-19,22H,2-5,7-8,11-12,15-17H2,1H3. The number of aryl methyl sites for hydroxylation is 1. The highest BCUT2D eigenvalue weighted by Crippen LogP contribution is 2.40. The van der Waals surface area contributed by atoms with E-state index in [0.29, 0.717) is 5.92 Å². The van der Waals surface area contributed by atoms with Crippen molar-refractivity contribution >= 4 is 0 Å². The van der Waals surface area contributed by atoms with Gasteiger partial charge in [-0.1, -0.05) is 94.3 Å². The van der Waals surface area contributed by atoms with E-state index in [2.05, 4.69) is 49.4 Å². The molecule has 1 fully saturated rings. The zero-order valence-corrected chi connectivity index (χ0v) is 16.8. The molecule has 0 aromatic heterocycles. The topological polar surface area (TPSA) is 23.8 Å². The number of nitriles is 1. The lowest BCUT2D eigenvalue weighted by molar-refractivity contribution is 0.440. The van der Waals surface area contributed by atoms with Gasteiger partial charge in [-0.25, -0.2) is 0 Å². The van der Waals surface area contributed by atoms with Crippen LogP contribution in [0.4, 0.5) is 0 Å². The molecular formula is C26H33N. The molecule has 2 aromatic carbocycles. The largest absolute Gasteiger partial charge is 0.192 e. The highest BCUT2D eigenvalue weighted by Gasteiger charge is 2.23. The second kappa shape index (κ2) is 10.3. The first-order valence-corrected chi connectivity index (χ1v) is 11.0. The minimum Gasteiger partial charge on any atom is -0.192 e. The fraction of sp³-hybridized carbons (Fsp3) is 0.500. The third-order valence-corrected chi connectivity index (χ3v) is 6.10. The Morgan fingerprint density at radius 3 is 2.33 bits per heavy atom. The Bertz CT molecular complexity index is 748. The van der Waals surface area contributed by atoms with Crippen LogP contribution in [0.3, 0.4) is 0 Å². The Hall–Kier alpha value is -2.07.